The maximum atomic E-state index is 10.4. The van der Waals surface area contributed by atoms with Crippen LogP contribution >= 0.6 is 0 Å². The summed E-state index contributed by atoms with van der Waals surface area (Å²) in [5.41, 5.74) is -0.385. The molecule has 0 saturated carbocycles. The minimum absolute atomic E-state index is 0.0237. The number of nitro groups is 1. The smallest absolute Gasteiger partial charge is 0.314 e. The predicted octanol–water partition coefficient (Wildman–Crippen LogP) is 1.03. The van der Waals surface area contributed by atoms with Gasteiger partial charge in [0.05, 0.1) is 4.92 Å². The zero-order valence-corrected chi connectivity index (χ0v) is 6.39. The van der Waals surface area contributed by atoms with Crippen molar-refractivity contribution in [2.24, 2.45) is 0 Å². The normalized spacial score (nSPS) is 12.9. The van der Waals surface area contributed by atoms with Gasteiger partial charge in [-0.1, -0.05) is 0 Å². The standard InChI is InChI=1S/C7H5NO5/c9-6-4(8(10)11)1-2-5-7(6)13-3-12-5/h1-2,9H,3H2. The van der Waals surface area contributed by atoms with Gasteiger partial charge in [0.2, 0.25) is 18.3 Å². The van der Waals surface area contributed by atoms with E-state index in [2.05, 4.69) is 0 Å². The monoisotopic (exact) mass is 183 g/mol. The Morgan fingerprint density at radius 2 is 2.23 bits per heavy atom. The highest BCUT2D eigenvalue weighted by molar-refractivity contribution is 5.62. The lowest BCUT2D eigenvalue weighted by atomic mass is 10.2. The van der Waals surface area contributed by atoms with E-state index in [0.717, 1.165) is 0 Å². The molecular weight excluding hydrogens is 178 g/mol. The molecule has 13 heavy (non-hydrogen) atoms. The summed E-state index contributed by atoms with van der Waals surface area (Å²) in [6.07, 6.45) is 0. The van der Waals surface area contributed by atoms with Crippen molar-refractivity contribution in [3.8, 4) is 17.2 Å². The van der Waals surface area contributed by atoms with Crippen molar-refractivity contribution in [2.45, 2.75) is 0 Å². The average Bonchev–Trinajstić information content (AvgIpc) is 2.52. The van der Waals surface area contributed by atoms with Crippen LogP contribution in [-0.2, 0) is 0 Å². The second-order valence-corrected chi connectivity index (χ2v) is 2.42. The Morgan fingerprint density at radius 3 is 2.92 bits per heavy atom. The number of nitrogens with zero attached hydrogens (tertiary/aromatic N) is 1. The minimum atomic E-state index is -0.683. The van der Waals surface area contributed by atoms with Gasteiger partial charge < -0.3 is 14.6 Å². The Labute approximate surface area is 72.5 Å². The molecule has 1 aliphatic rings. The molecule has 6 nitrogen and oxygen atoms in total. The Morgan fingerprint density at radius 1 is 1.46 bits per heavy atom. The summed E-state index contributed by atoms with van der Waals surface area (Å²) < 4.78 is 9.75. The summed E-state index contributed by atoms with van der Waals surface area (Å²) in [5, 5.41) is 19.7. The molecule has 68 valence electrons. The van der Waals surface area contributed by atoms with Gasteiger partial charge in [-0.3, -0.25) is 10.1 Å². The van der Waals surface area contributed by atoms with Gasteiger partial charge >= 0.3 is 5.69 Å². The molecule has 6 heteroatoms. The number of fused-ring (bicyclic) bond motifs is 1. The molecule has 0 aliphatic carbocycles. The third-order valence-electron chi connectivity index (χ3n) is 1.69. The molecule has 1 N–H and O–H groups in total. The van der Waals surface area contributed by atoms with Crippen molar-refractivity contribution in [2.75, 3.05) is 6.79 Å². The lowest BCUT2D eigenvalue weighted by Gasteiger charge is -1.98. The molecule has 0 unspecified atom stereocenters. The van der Waals surface area contributed by atoms with Crippen LogP contribution < -0.4 is 9.47 Å². The molecule has 0 atom stereocenters. The molecule has 0 radical (unpaired) electrons. The molecule has 0 aromatic heterocycles. The Balaban J connectivity index is 2.59. The number of rotatable bonds is 1. The van der Waals surface area contributed by atoms with E-state index in [1.807, 2.05) is 0 Å². The average molecular weight is 183 g/mol. The van der Waals surface area contributed by atoms with E-state index in [1.165, 1.54) is 12.1 Å². The molecule has 0 spiro atoms. The zero-order valence-electron chi connectivity index (χ0n) is 6.39. The number of phenolic OH excluding ortho intramolecular Hbond substituents is 1. The van der Waals surface area contributed by atoms with Crippen LogP contribution in [0.1, 0.15) is 0 Å². The number of hydrogen-bond acceptors (Lipinski definition) is 5. The maximum Gasteiger partial charge on any atom is 0.314 e. The molecule has 2 rings (SSSR count). The molecule has 1 aliphatic heterocycles. The molecule has 0 bridgehead atoms. The van der Waals surface area contributed by atoms with Gasteiger partial charge in [0.15, 0.2) is 5.75 Å². The van der Waals surface area contributed by atoms with E-state index in [-0.39, 0.29) is 18.2 Å². The molecule has 1 aromatic rings. The number of benzene rings is 1. The SMILES string of the molecule is O=[N+]([O-])c1ccc2c(c1O)OCO2. The Bertz CT molecular complexity index is 375. The van der Waals surface area contributed by atoms with Gasteiger partial charge in [0.1, 0.15) is 0 Å². The number of aromatic hydroxyl groups is 1. The third-order valence-corrected chi connectivity index (χ3v) is 1.69. The highest BCUT2D eigenvalue weighted by Gasteiger charge is 2.25. The van der Waals surface area contributed by atoms with Gasteiger partial charge in [0, 0.05) is 6.07 Å². The van der Waals surface area contributed by atoms with Gasteiger partial charge in [0.25, 0.3) is 0 Å². The summed E-state index contributed by atoms with van der Waals surface area (Å²) in [6.45, 7) is -0.0237. The van der Waals surface area contributed by atoms with Crippen LogP contribution in [0.15, 0.2) is 12.1 Å². The quantitative estimate of drug-likeness (QED) is 0.519. The fourth-order valence-electron chi connectivity index (χ4n) is 1.09. The summed E-state index contributed by atoms with van der Waals surface area (Å²) in [4.78, 5) is 9.69. The predicted molar refractivity (Wildman–Crippen MR) is 40.9 cm³/mol. The van der Waals surface area contributed by atoms with Crippen LogP contribution in [0.3, 0.4) is 0 Å². The molecule has 0 amide bonds. The summed E-state index contributed by atoms with van der Waals surface area (Å²) >= 11 is 0. The van der Waals surface area contributed by atoms with E-state index in [9.17, 15) is 15.2 Å². The highest BCUT2D eigenvalue weighted by Crippen LogP contribution is 2.45. The fraction of sp³-hybridized carbons (Fsp3) is 0.143. The lowest BCUT2D eigenvalue weighted by Crippen LogP contribution is -1.93. The first-order chi connectivity index (χ1) is 6.20. The van der Waals surface area contributed by atoms with E-state index >= 15 is 0 Å². The van der Waals surface area contributed by atoms with Crippen LogP contribution in [0.5, 0.6) is 17.2 Å². The highest BCUT2D eigenvalue weighted by atomic mass is 16.7. The molecule has 1 aromatic carbocycles. The van der Waals surface area contributed by atoms with Crippen molar-refractivity contribution >= 4 is 5.69 Å². The van der Waals surface area contributed by atoms with Crippen LogP contribution in [0.25, 0.3) is 0 Å². The van der Waals surface area contributed by atoms with Crippen LogP contribution in [0, 0.1) is 10.1 Å². The van der Waals surface area contributed by atoms with Crippen molar-refractivity contribution in [3.63, 3.8) is 0 Å². The van der Waals surface area contributed by atoms with Crippen molar-refractivity contribution < 1.29 is 19.5 Å². The van der Waals surface area contributed by atoms with E-state index in [4.69, 9.17) is 9.47 Å². The summed E-state index contributed by atoms with van der Waals surface area (Å²) in [5.74, 6) is -0.127. The minimum Gasteiger partial charge on any atom is -0.499 e. The van der Waals surface area contributed by atoms with Crippen LogP contribution in [0.4, 0.5) is 5.69 Å². The van der Waals surface area contributed by atoms with Gasteiger partial charge in [-0.2, -0.15) is 0 Å². The van der Waals surface area contributed by atoms with Gasteiger partial charge in [-0.05, 0) is 6.07 Å². The largest absolute Gasteiger partial charge is 0.499 e. The van der Waals surface area contributed by atoms with Gasteiger partial charge in [-0.25, -0.2) is 0 Å². The second-order valence-electron chi connectivity index (χ2n) is 2.42. The van der Waals surface area contributed by atoms with E-state index in [1.54, 1.807) is 0 Å². The second kappa shape index (κ2) is 2.51. The molecule has 0 saturated heterocycles. The van der Waals surface area contributed by atoms with Gasteiger partial charge in [-0.15, -0.1) is 0 Å². The van der Waals surface area contributed by atoms with Crippen LogP contribution in [-0.4, -0.2) is 16.8 Å². The molecular formula is C7H5NO5. The Hall–Kier alpha value is -1.98. The van der Waals surface area contributed by atoms with E-state index < -0.39 is 10.7 Å². The van der Waals surface area contributed by atoms with E-state index in [0.29, 0.717) is 5.75 Å². The Kier molecular flexibility index (Phi) is 1.48. The summed E-state index contributed by atoms with van der Waals surface area (Å²) in [6, 6.07) is 2.56. The van der Waals surface area contributed by atoms with Crippen molar-refractivity contribution in [3.05, 3.63) is 22.2 Å². The first kappa shape index (κ1) is 7.66. The summed E-state index contributed by atoms with van der Waals surface area (Å²) in [7, 11) is 0. The number of nitro benzene ring substituents is 1. The lowest BCUT2D eigenvalue weighted by molar-refractivity contribution is -0.385. The van der Waals surface area contributed by atoms with Crippen molar-refractivity contribution in [1.29, 1.82) is 0 Å². The molecule has 0 fully saturated rings. The number of hydrogen-bond donors (Lipinski definition) is 1. The third kappa shape index (κ3) is 1.03. The zero-order chi connectivity index (χ0) is 9.42. The molecule has 1 heterocycles. The van der Waals surface area contributed by atoms with Crippen LogP contribution in [0.2, 0.25) is 0 Å². The van der Waals surface area contributed by atoms with Crippen molar-refractivity contribution in [1.82, 2.24) is 0 Å². The fourth-order valence-corrected chi connectivity index (χ4v) is 1.09. The first-order valence-electron chi connectivity index (χ1n) is 3.46. The maximum absolute atomic E-state index is 10.4. The topological polar surface area (TPSA) is 81.8 Å². The first-order valence-corrected chi connectivity index (χ1v) is 3.46. The number of phenols is 1. The number of ether oxygens (including phenoxy) is 2.